The Bertz CT molecular complexity index is 348. The van der Waals surface area contributed by atoms with E-state index in [9.17, 15) is 13.2 Å². The molecule has 1 rings (SSSR count). The quantitative estimate of drug-likeness (QED) is 0.727. The number of hydrogen-bond donors (Lipinski definition) is 1. The highest BCUT2D eigenvalue weighted by atomic mass is 32.2. The van der Waals surface area contributed by atoms with Crippen LogP contribution in [0.25, 0.3) is 0 Å². The first-order valence-electron chi connectivity index (χ1n) is 5.58. The minimum absolute atomic E-state index is 0.141. The lowest BCUT2D eigenvalue weighted by atomic mass is 10.2. The fraction of sp³-hybridized carbons (Fsp3) is 0.900. The van der Waals surface area contributed by atoms with E-state index in [1.807, 2.05) is 0 Å². The molecule has 6 heteroatoms. The van der Waals surface area contributed by atoms with Crippen molar-refractivity contribution in [2.45, 2.75) is 39.2 Å². The van der Waals surface area contributed by atoms with Crippen molar-refractivity contribution in [3.8, 4) is 0 Å². The molecule has 0 aromatic carbocycles. The van der Waals surface area contributed by atoms with E-state index < -0.39 is 22.0 Å². The number of sulfonamides is 1. The molecule has 0 spiro atoms. The second kappa shape index (κ2) is 5.14. The fourth-order valence-corrected chi connectivity index (χ4v) is 3.95. The van der Waals surface area contributed by atoms with E-state index in [1.54, 1.807) is 13.8 Å². The number of aliphatic carboxylic acids is 1. The summed E-state index contributed by atoms with van der Waals surface area (Å²) < 4.78 is 25.2. The molecule has 0 bridgehead atoms. The molecule has 0 saturated heterocycles. The van der Waals surface area contributed by atoms with Crippen LogP contribution in [0.5, 0.6) is 0 Å². The summed E-state index contributed by atoms with van der Waals surface area (Å²) in [6.07, 6.45) is 1.81. The van der Waals surface area contributed by atoms with E-state index in [0.29, 0.717) is 6.54 Å². The number of carboxylic acids is 1. The normalized spacial score (nSPS) is 18.7. The summed E-state index contributed by atoms with van der Waals surface area (Å²) in [7, 11) is -3.28. The van der Waals surface area contributed by atoms with Crippen molar-refractivity contribution in [3.05, 3.63) is 0 Å². The number of carbonyl (C=O) groups is 1. The van der Waals surface area contributed by atoms with Crippen molar-refractivity contribution in [1.29, 1.82) is 0 Å². The van der Waals surface area contributed by atoms with E-state index >= 15 is 0 Å². The van der Waals surface area contributed by atoms with Gasteiger partial charge in [-0.15, -0.1) is 0 Å². The van der Waals surface area contributed by atoms with E-state index in [4.69, 9.17) is 5.11 Å². The molecular weight excluding hydrogens is 230 g/mol. The molecule has 5 nitrogen and oxygen atoms in total. The zero-order valence-electron chi connectivity index (χ0n) is 9.72. The highest BCUT2D eigenvalue weighted by Crippen LogP contribution is 2.31. The zero-order valence-corrected chi connectivity index (χ0v) is 10.5. The van der Waals surface area contributed by atoms with Crippen LogP contribution in [0.2, 0.25) is 0 Å². The van der Waals surface area contributed by atoms with Gasteiger partial charge in [0.2, 0.25) is 10.0 Å². The Balaban J connectivity index is 2.66. The third-order valence-corrected chi connectivity index (χ3v) is 5.00. The highest BCUT2D eigenvalue weighted by molar-refractivity contribution is 7.89. The number of nitrogens with zero attached hydrogens (tertiary/aromatic N) is 1. The predicted octanol–water partition coefficient (Wildman–Crippen LogP) is 0.911. The minimum Gasteiger partial charge on any atom is -0.481 e. The van der Waals surface area contributed by atoms with Crippen LogP contribution in [0.3, 0.4) is 0 Å². The van der Waals surface area contributed by atoms with Crippen molar-refractivity contribution in [1.82, 2.24) is 4.31 Å². The summed E-state index contributed by atoms with van der Waals surface area (Å²) in [6, 6.07) is -0.466. The van der Waals surface area contributed by atoms with Gasteiger partial charge in [0, 0.05) is 12.6 Å². The summed E-state index contributed by atoms with van der Waals surface area (Å²) >= 11 is 0. The largest absolute Gasteiger partial charge is 0.481 e. The van der Waals surface area contributed by atoms with Crippen LogP contribution in [-0.4, -0.2) is 42.1 Å². The van der Waals surface area contributed by atoms with Crippen LogP contribution in [0.4, 0.5) is 0 Å². The number of hydrogen-bond acceptors (Lipinski definition) is 3. The second-order valence-electron chi connectivity index (χ2n) is 4.37. The van der Waals surface area contributed by atoms with Gasteiger partial charge in [0.25, 0.3) is 0 Å². The lowest BCUT2D eigenvalue weighted by molar-refractivity contribution is -0.137. The molecule has 0 aliphatic heterocycles. The van der Waals surface area contributed by atoms with Crippen molar-refractivity contribution >= 4 is 16.0 Å². The molecule has 1 unspecified atom stereocenters. The molecule has 1 aliphatic rings. The highest BCUT2D eigenvalue weighted by Gasteiger charge is 2.33. The second-order valence-corrected chi connectivity index (χ2v) is 6.34. The molecular formula is C10H19NO4S. The van der Waals surface area contributed by atoms with Gasteiger partial charge in [-0.3, -0.25) is 4.79 Å². The first-order chi connectivity index (χ1) is 7.36. The molecule has 16 heavy (non-hydrogen) atoms. The van der Waals surface area contributed by atoms with Gasteiger partial charge in [0.1, 0.15) is 0 Å². The first kappa shape index (κ1) is 13.4. The van der Waals surface area contributed by atoms with Gasteiger partial charge in [0.05, 0.1) is 12.2 Å². The summed E-state index contributed by atoms with van der Waals surface area (Å²) in [6.45, 7) is 3.72. The molecule has 1 atom stereocenters. The molecule has 94 valence electrons. The smallest absolute Gasteiger partial charge is 0.304 e. The molecule has 0 amide bonds. The van der Waals surface area contributed by atoms with Gasteiger partial charge in [-0.05, 0) is 25.7 Å². The lowest BCUT2D eigenvalue weighted by Gasteiger charge is -2.26. The SMILES string of the molecule is CCN(C(C)CC(=O)O)S(=O)(=O)CC1CC1. The minimum atomic E-state index is -3.28. The van der Waals surface area contributed by atoms with E-state index in [-0.39, 0.29) is 18.1 Å². The van der Waals surface area contributed by atoms with Crippen molar-refractivity contribution in [3.63, 3.8) is 0 Å². The Kier molecular flexibility index (Phi) is 4.32. The van der Waals surface area contributed by atoms with Gasteiger partial charge in [-0.25, -0.2) is 8.42 Å². The standard InChI is InChI=1S/C10H19NO4S/c1-3-11(8(2)6-10(12)13)16(14,15)7-9-4-5-9/h8-9H,3-7H2,1-2H3,(H,12,13). The van der Waals surface area contributed by atoms with Gasteiger partial charge < -0.3 is 5.11 Å². The van der Waals surface area contributed by atoms with E-state index in [0.717, 1.165) is 12.8 Å². The molecule has 1 saturated carbocycles. The van der Waals surface area contributed by atoms with E-state index in [2.05, 4.69) is 0 Å². The monoisotopic (exact) mass is 249 g/mol. The van der Waals surface area contributed by atoms with Crippen LogP contribution >= 0.6 is 0 Å². The molecule has 1 N–H and O–H groups in total. The Hall–Kier alpha value is -0.620. The van der Waals surface area contributed by atoms with Gasteiger partial charge in [-0.2, -0.15) is 4.31 Å². The van der Waals surface area contributed by atoms with Crippen molar-refractivity contribution in [2.24, 2.45) is 5.92 Å². The van der Waals surface area contributed by atoms with Crippen LogP contribution in [0.1, 0.15) is 33.1 Å². The summed E-state index contributed by atoms with van der Waals surface area (Å²) in [5, 5.41) is 8.67. The summed E-state index contributed by atoms with van der Waals surface area (Å²) in [4.78, 5) is 10.6. The van der Waals surface area contributed by atoms with Crippen LogP contribution < -0.4 is 0 Å². The van der Waals surface area contributed by atoms with Crippen LogP contribution in [0, 0.1) is 5.92 Å². The van der Waals surface area contributed by atoms with Crippen LogP contribution in [-0.2, 0) is 14.8 Å². The maximum Gasteiger partial charge on any atom is 0.304 e. The first-order valence-corrected chi connectivity index (χ1v) is 7.19. The maximum atomic E-state index is 12.0. The molecule has 0 radical (unpaired) electrons. The Morgan fingerprint density at radius 3 is 2.44 bits per heavy atom. The Morgan fingerprint density at radius 1 is 1.50 bits per heavy atom. The van der Waals surface area contributed by atoms with Gasteiger partial charge >= 0.3 is 5.97 Å². The van der Waals surface area contributed by atoms with Crippen molar-refractivity contribution in [2.75, 3.05) is 12.3 Å². The molecule has 0 aromatic heterocycles. The third kappa shape index (κ3) is 3.75. The average molecular weight is 249 g/mol. The number of rotatable bonds is 7. The fourth-order valence-electron chi connectivity index (χ4n) is 1.82. The number of carboxylic acid groups (broad SMARTS) is 1. The Morgan fingerprint density at radius 2 is 2.06 bits per heavy atom. The molecule has 0 heterocycles. The predicted molar refractivity (Wildman–Crippen MR) is 60.6 cm³/mol. The summed E-state index contributed by atoms with van der Waals surface area (Å²) in [5.41, 5.74) is 0. The van der Waals surface area contributed by atoms with Crippen molar-refractivity contribution < 1.29 is 18.3 Å². The third-order valence-electron chi connectivity index (χ3n) is 2.77. The maximum absolute atomic E-state index is 12.0. The van der Waals surface area contributed by atoms with E-state index in [1.165, 1.54) is 4.31 Å². The van der Waals surface area contributed by atoms with Gasteiger partial charge in [-0.1, -0.05) is 6.92 Å². The molecule has 1 fully saturated rings. The zero-order chi connectivity index (χ0) is 12.3. The lowest BCUT2D eigenvalue weighted by Crippen LogP contribution is -2.41. The average Bonchev–Trinajstić information content (AvgIpc) is 2.85. The Labute approximate surface area is 96.5 Å². The topological polar surface area (TPSA) is 74.7 Å². The summed E-state index contributed by atoms with van der Waals surface area (Å²) in [5.74, 6) is -0.506. The van der Waals surface area contributed by atoms with Crippen LogP contribution in [0.15, 0.2) is 0 Å². The molecule has 0 aromatic rings. The van der Waals surface area contributed by atoms with Gasteiger partial charge in [0.15, 0.2) is 0 Å². The molecule has 1 aliphatic carbocycles.